The summed E-state index contributed by atoms with van der Waals surface area (Å²) in [4.78, 5) is 20.5. The van der Waals surface area contributed by atoms with Gasteiger partial charge in [-0.3, -0.25) is 0 Å². The second kappa shape index (κ2) is 10.1. The summed E-state index contributed by atoms with van der Waals surface area (Å²) in [7, 11) is 0. The van der Waals surface area contributed by atoms with Crippen LogP contribution in [-0.2, 0) is 9.59 Å². The zero-order chi connectivity index (χ0) is 13.1. The van der Waals surface area contributed by atoms with Crippen molar-refractivity contribution in [3.8, 4) is 0 Å². The summed E-state index contributed by atoms with van der Waals surface area (Å²) in [5.74, 6) is -2.05. The van der Waals surface area contributed by atoms with Gasteiger partial charge in [-0.15, -0.1) is 0 Å². The van der Waals surface area contributed by atoms with Gasteiger partial charge in [0.25, 0.3) is 0 Å². The molecule has 5 heteroatoms. The summed E-state index contributed by atoms with van der Waals surface area (Å²) in [6.07, 6.45) is 7.36. The average molecular weight is 244 g/mol. The van der Waals surface area contributed by atoms with E-state index in [4.69, 9.17) is 0 Å². The molecule has 0 saturated heterocycles. The largest absolute Gasteiger partial charge is 0.550 e. The van der Waals surface area contributed by atoms with Crippen LogP contribution in [-0.4, -0.2) is 18.0 Å². The van der Waals surface area contributed by atoms with Crippen LogP contribution < -0.4 is 15.9 Å². The van der Waals surface area contributed by atoms with Gasteiger partial charge in [-0.1, -0.05) is 32.1 Å². The topological polar surface area (TPSA) is 108 Å². The number of carbonyl (C=O) groups is 2. The minimum Gasteiger partial charge on any atom is -0.550 e. The number of hydrogen-bond donors (Lipinski definition) is 1. The lowest BCUT2D eigenvalue weighted by Gasteiger charge is -2.08. The van der Waals surface area contributed by atoms with Gasteiger partial charge < -0.3 is 25.5 Å². The highest BCUT2D eigenvalue weighted by Crippen LogP contribution is 2.09. The van der Waals surface area contributed by atoms with Crippen molar-refractivity contribution in [3.63, 3.8) is 0 Å². The number of hydrogen-bond acceptors (Lipinski definition) is 4. The second-order valence-electron chi connectivity index (χ2n) is 4.40. The van der Waals surface area contributed by atoms with Crippen molar-refractivity contribution in [2.75, 3.05) is 0 Å². The van der Waals surface area contributed by atoms with Crippen LogP contribution >= 0.6 is 0 Å². The van der Waals surface area contributed by atoms with Gasteiger partial charge in [0.05, 0.1) is 5.97 Å². The zero-order valence-electron chi connectivity index (χ0n) is 10.3. The zero-order valence-corrected chi connectivity index (χ0v) is 10.3. The fraction of sp³-hybridized carbons (Fsp3) is 0.833. The molecule has 17 heavy (non-hydrogen) atoms. The Morgan fingerprint density at radius 2 is 1.35 bits per heavy atom. The van der Waals surface area contributed by atoms with E-state index in [9.17, 15) is 19.8 Å². The number of unbranched alkanes of at least 4 members (excludes halogenated alkanes) is 6. The van der Waals surface area contributed by atoms with Gasteiger partial charge in [0.15, 0.2) is 0 Å². The maximum atomic E-state index is 10.4. The molecule has 3 N–H and O–H groups in total. The van der Waals surface area contributed by atoms with Crippen molar-refractivity contribution in [1.82, 2.24) is 0 Å². The van der Waals surface area contributed by atoms with Gasteiger partial charge in [-0.2, -0.15) is 0 Å². The van der Waals surface area contributed by atoms with E-state index in [1.165, 1.54) is 0 Å². The number of carbonyl (C=O) groups excluding carboxylic acids is 2. The normalized spacial score (nSPS) is 12.3. The highest BCUT2D eigenvalue weighted by atomic mass is 16.4. The Balaban J connectivity index is 3.14. The molecule has 0 aromatic heterocycles. The van der Waals surface area contributed by atoms with Gasteiger partial charge in [0.2, 0.25) is 0 Å². The van der Waals surface area contributed by atoms with Crippen LogP contribution in [0.4, 0.5) is 0 Å². The number of carboxylic acids is 2. The van der Waals surface area contributed by atoms with Crippen molar-refractivity contribution in [2.24, 2.45) is 0 Å². The smallest absolute Gasteiger partial charge is 0.124 e. The molecular formula is C12H22NO4-. The molecule has 1 atom stereocenters. The molecule has 0 fully saturated rings. The predicted molar refractivity (Wildman–Crippen MR) is 58.2 cm³/mol. The van der Waals surface area contributed by atoms with Crippen molar-refractivity contribution in [1.29, 1.82) is 0 Å². The van der Waals surface area contributed by atoms with Crippen molar-refractivity contribution in [3.05, 3.63) is 0 Å². The summed E-state index contributed by atoms with van der Waals surface area (Å²) in [6.45, 7) is 0. The van der Waals surface area contributed by atoms with E-state index in [-0.39, 0.29) is 6.42 Å². The lowest BCUT2D eigenvalue weighted by atomic mass is 10.0. The molecule has 0 aliphatic rings. The molecule has 0 spiro atoms. The average Bonchev–Trinajstić information content (AvgIpc) is 2.25. The Morgan fingerprint density at radius 3 is 1.82 bits per heavy atom. The minimum absolute atomic E-state index is 0.148. The summed E-state index contributed by atoms with van der Waals surface area (Å²) < 4.78 is 0. The quantitative estimate of drug-likeness (QED) is 0.451. The van der Waals surface area contributed by atoms with Crippen LogP contribution in [0.3, 0.4) is 0 Å². The number of quaternary nitrogens is 1. The predicted octanol–water partition coefficient (Wildman–Crippen LogP) is -1.39. The lowest BCUT2D eigenvalue weighted by Crippen LogP contribution is -2.68. The molecule has 0 radical (unpaired) electrons. The molecular weight excluding hydrogens is 222 g/mol. The Kier molecular flexibility index (Phi) is 9.43. The van der Waals surface area contributed by atoms with E-state index < -0.39 is 18.0 Å². The van der Waals surface area contributed by atoms with Crippen LogP contribution in [0.25, 0.3) is 0 Å². The molecule has 0 bridgehead atoms. The Bertz CT molecular complexity index is 231. The van der Waals surface area contributed by atoms with Gasteiger partial charge in [0, 0.05) is 12.4 Å². The molecule has 0 aliphatic carbocycles. The molecule has 0 aliphatic heterocycles. The first kappa shape index (κ1) is 15.9. The van der Waals surface area contributed by atoms with E-state index in [0.29, 0.717) is 12.8 Å². The molecule has 0 aromatic carbocycles. The van der Waals surface area contributed by atoms with Crippen LogP contribution in [0, 0.1) is 0 Å². The SMILES string of the molecule is [NH3+][C@@H](CCCCCCCCCC(=O)[O-])C(=O)[O-]. The first-order valence-corrected chi connectivity index (χ1v) is 6.28. The molecule has 100 valence electrons. The Hall–Kier alpha value is -1.10. The summed E-state index contributed by atoms with van der Waals surface area (Å²) >= 11 is 0. The Labute approximate surface area is 102 Å². The fourth-order valence-corrected chi connectivity index (χ4v) is 1.66. The number of carboxylic acid groups (broad SMARTS) is 2. The van der Waals surface area contributed by atoms with Gasteiger partial charge in [-0.05, 0) is 19.3 Å². The van der Waals surface area contributed by atoms with E-state index in [0.717, 1.165) is 38.5 Å². The first-order chi connectivity index (χ1) is 8.04. The van der Waals surface area contributed by atoms with E-state index in [1.807, 2.05) is 0 Å². The molecule has 0 saturated carbocycles. The van der Waals surface area contributed by atoms with Gasteiger partial charge >= 0.3 is 0 Å². The summed E-state index contributed by atoms with van der Waals surface area (Å²) in [6, 6.07) is -0.599. The first-order valence-electron chi connectivity index (χ1n) is 6.28. The maximum absolute atomic E-state index is 10.4. The monoisotopic (exact) mass is 244 g/mol. The molecule has 0 rings (SSSR count). The summed E-state index contributed by atoms with van der Waals surface area (Å²) in [5.41, 5.74) is 3.49. The van der Waals surface area contributed by atoms with Gasteiger partial charge in [-0.25, -0.2) is 0 Å². The third-order valence-corrected chi connectivity index (χ3v) is 2.77. The highest BCUT2D eigenvalue weighted by molar-refractivity contribution is 5.68. The van der Waals surface area contributed by atoms with Crippen LogP contribution in [0.15, 0.2) is 0 Å². The standard InChI is InChI=1S/C12H23NO4/c13-10(12(16)17)8-6-4-2-1-3-5-7-9-11(14)15/h10H,1-9,13H2,(H,14,15)(H,16,17)/p-1/t10-/m0/s1. The number of rotatable bonds is 11. The minimum atomic E-state index is -1.08. The Morgan fingerprint density at radius 1 is 0.882 bits per heavy atom. The molecule has 0 amide bonds. The van der Waals surface area contributed by atoms with Crippen molar-refractivity contribution in [2.45, 2.75) is 63.8 Å². The molecule has 0 aromatic rings. The van der Waals surface area contributed by atoms with Crippen molar-refractivity contribution < 1.29 is 25.5 Å². The van der Waals surface area contributed by atoms with E-state index >= 15 is 0 Å². The lowest BCUT2D eigenvalue weighted by molar-refractivity contribution is -0.438. The van der Waals surface area contributed by atoms with Crippen LogP contribution in [0.2, 0.25) is 0 Å². The van der Waals surface area contributed by atoms with Crippen LogP contribution in [0.5, 0.6) is 0 Å². The van der Waals surface area contributed by atoms with E-state index in [2.05, 4.69) is 5.73 Å². The maximum Gasteiger partial charge on any atom is 0.124 e. The molecule has 0 unspecified atom stereocenters. The van der Waals surface area contributed by atoms with E-state index in [1.54, 1.807) is 0 Å². The fourth-order valence-electron chi connectivity index (χ4n) is 1.66. The van der Waals surface area contributed by atoms with Crippen LogP contribution in [0.1, 0.15) is 57.8 Å². The number of aliphatic carboxylic acids is 2. The third kappa shape index (κ3) is 11.2. The van der Waals surface area contributed by atoms with Gasteiger partial charge in [0.1, 0.15) is 6.04 Å². The van der Waals surface area contributed by atoms with Crippen molar-refractivity contribution >= 4 is 11.9 Å². The highest BCUT2D eigenvalue weighted by Gasteiger charge is 2.05. The third-order valence-electron chi connectivity index (χ3n) is 2.77. The molecule has 5 nitrogen and oxygen atoms in total. The molecule has 0 heterocycles. The second-order valence-corrected chi connectivity index (χ2v) is 4.40. The summed E-state index contributed by atoms with van der Waals surface area (Å²) in [5, 5.41) is 20.5.